The van der Waals surface area contributed by atoms with E-state index in [4.69, 9.17) is 14.7 Å². The van der Waals surface area contributed by atoms with Gasteiger partial charge in [0.1, 0.15) is 0 Å². The van der Waals surface area contributed by atoms with Crippen molar-refractivity contribution in [2.24, 2.45) is 45.8 Å². The number of ether oxygens (including phenoxy) is 2. The lowest BCUT2D eigenvalue weighted by Crippen LogP contribution is -2.60. The lowest BCUT2D eigenvalue weighted by molar-refractivity contribution is -0.257. The average Bonchev–Trinajstić information content (AvgIpc) is 3.31. The molecule has 8 atom stereocenters. The van der Waals surface area contributed by atoms with Crippen LogP contribution in [0.3, 0.4) is 0 Å². The molecular formula is C27H43NO2. The van der Waals surface area contributed by atoms with Gasteiger partial charge in [0.25, 0.3) is 0 Å². The molecule has 1 heterocycles. The molecule has 0 bridgehead atoms. The summed E-state index contributed by atoms with van der Waals surface area (Å²) in [5.74, 6) is 3.95. The smallest absolute Gasteiger partial charge is 0.169 e. The van der Waals surface area contributed by atoms with E-state index in [0.717, 1.165) is 62.6 Å². The molecule has 0 N–H and O–H groups in total. The summed E-state index contributed by atoms with van der Waals surface area (Å²) in [6, 6.07) is 2.39. The summed E-state index contributed by atoms with van der Waals surface area (Å²) in [6.45, 7) is 11.9. The Hall–Kier alpha value is -0.590. The maximum Gasteiger partial charge on any atom is 0.169 e. The zero-order chi connectivity index (χ0) is 21.2. The maximum absolute atomic E-state index is 9.08. The van der Waals surface area contributed by atoms with Crippen LogP contribution in [0.15, 0.2) is 0 Å². The largest absolute Gasteiger partial charge is 0.348 e. The van der Waals surface area contributed by atoms with Crippen molar-refractivity contribution in [3.05, 3.63) is 0 Å². The molecule has 3 heteroatoms. The van der Waals surface area contributed by atoms with Crippen molar-refractivity contribution in [2.75, 3.05) is 13.2 Å². The molecule has 0 aromatic rings. The first-order valence-corrected chi connectivity index (χ1v) is 12.9. The van der Waals surface area contributed by atoms with Crippen LogP contribution in [0, 0.1) is 57.2 Å². The molecule has 5 fully saturated rings. The Kier molecular flexibility index (Phi) is 5.11. The minimum Gasteiger partial charge on any atom is -0.348 e. The number of hydrogen-bond acceptors (Lipinski definition) is 3. The first kappa shape index (κ1) is 21.3. The summed E-state index contributed by atoms with van der Waals surface area (Å²) in [5, 5.41) is 9.08. The van der Waals surface area contributed by atoms with Gasteiger partial charge < -0.3 is 9.47 Å². The second-order valence-corrected chi connectivity index (χ2v) is 12.6. The van der Waals surface area contributed by atoms with Gasteiger partial charge in [-0.25, -0.2) is 0 Å². The molecule has 1 spiro atoms. The van der Waals surface area contributed by atoms with E-state index in [9.17, 15) is 0 Å². The summed E-state index contributed by atoms with van der Waals surface area (Å²) in [5.41, 5.74) is 1.29. The van der Waals surface area contributed by atoms with E-state index in [2.05, 4.69) is 33.8 Å². The Labute approximate surface area is 184 Å². The highest BCUT2D eigenvalue weighted by Crippen LogP contribution is 2.72. The van der Waals surface area contributed by atoms with E-state index in [1.165, 1.54) is 44.9 Å². The number of hydrogen-bond donors (Lipinski definition) is 0. The van der Waals surface area contributed by atoms with E-state index in [1.54, 1.807) is 0 Å². The van der Waals surface area contributed by atoms with E-state index in [1.807, 2.05) is 0 Å². The highest BCUT2D eigenvalue weighted by molar-refractivity contribution is 5.14. The van der Waals surface area contributed by atoms with Gasteiger partial charge in [0.05, 0.1) is 19.3 Å². The molecule has 0 amide bonds. The summed E-state index contributed by atoms with van der Waals surface area (Å²) < 4.78 is 12.4. The predicted octanol–water partition coefficient (Wildman–Crippen LogP) is 6.72. The van der Waals surface area contributed by atoms with Crippen molar-refractivity contribution in [3.63, 3.8) is 0 Å². The van der Waals surface area contributed by atoms with E-state index in [0.29, 0.717) is 22.2 Å². The van der Waals surface area contributed by atoms with Gasteiger partial charge in [-0.15, -0.1) is 0 Å². The van der Waals surface area contributed by atoms with Crippen LogP contribution in [0.4, 0.5) is 0 Å². The van der Waals surface area contributed by atoms with Crippen LogP contribution < -0.4 is 0 Å². The van der Waals surface area contributed by atoms with Crippen molar-refractivity contribution in [1.29, 1.82) is 5.26 Å². The second kappa shape index (κ2) is 7.21. The molecule has 5 rings (SSSR count). The fraction of sp³-hybridized carbons (Fsp3) is 0.963. The van der Waals surface area contributed by atoms with E-state index >= 15 is 0 Å². The van der Waals surface area contributed by atoms with E-state index < -0.39 is 0 Å². The SMILES string of the molecule is C[C@H](CCC#N)C1CCC2C3CCC4(C)CC5(CC[C@]4(C)C3CC[C@@]21C)OCCO5. The third kappa shape index (κ3) is 2.88. The van der Waals surface area contributed by atoms with Crippen LogP contribution in [0.2, 0.25) is 0 Å². The van der Waals surface area contributed by atoms with Crippen molar-refractivity contribution in [1.82, 2.24) is 0 Å². The van der Waals surface area contributed by atoms with Crippen molar-refractivity contribution in [2.45, 2.75) is 104 Å². The molecule has 0 radical (unpaired) electrons. The van der Waals surface area contributed by atoms with Gasteiger partial charge in [-0.3, -0.25) is 0 Å². The molecular weight excluding hydrogens is 370 g/mol. The second-order valence-electron chi connectivity index (χ2n) is 12.6. The topological polar surface area (TPSA) is 42.2 Å². The quantitative estimate of drug-likeness (QED) is 0.516. The zero-order valence-corrected chi connectivity index (χ0v) is 19.8. The van der Waals surface area contributed by atoms with Gasteiger partial charge in [0, 0.05) is 19.3 Å². The third-order valence-corrected chi connectivity index (χ3v) is 11.6. The molecule has 4 aliphatic carbocycles. The van der Waals surface area contributed by atoms with Crippen LogP contribution in [-0.2, 0) is 9.47 Å². The Balaban J connectivity index is 1.37. The van der Waals surface area contributed by atoms with Crippen LogP contribution in [-0.4, -0.2) is 19.0 Å². The molecule has 0 aromatic carbocycles. The Bertz CT molecular complexity index is 708. The Morgan fingerprint density at radius 3 is 2.43 bits per heavy atom. The summed E-state index contributed by atoms with van der Waals surface area (Å²) in [6.07, 6.45) is 13.7. The molecule has 1 aliphatic heterocycles. The lowest BCUT2D eigenvalue weighted by atomic mass is 9.40. The number of nitriles is 1. The van der Waals surface area contributed by atoms with Crippen molar-refractivity contribution >= 4 is 0 Å². The summed E-state index contributed by atoms with van der Waals surface area (Å²) in [7, 11) is 0. The maximum atomic E-state index is 9.08. The minimum atomic E-state index is -0.265. The normalized spacial score (nSPS) is 50.4. The predicted molar refractivity (Wildman–Crippen MR) is 118 cm³/mol. The molecule has 3 nitrogen and oxygen atoms in total. The lowest BCUT2D eigenvalue weighted by Gasteiger charge is -2.66. The number of nitrogens with zero attached hydrogens (tertiary/aromatic N) is 1. The zero-order valence-electron chi connectivity index (χ0n) is 19.8. The Morgan fingerprint density at radius 1 is 0.933 bits per heavy atom. The van der Waals surface area contributed by atoms with Gasteiger partial charge in [0.2, 0.25) is 0 Å². The fourth-order valence-electron chi connectivity index (χ4n) is 9.82. The molecule has 30 heavy (non-hydrogen) atoms. The van der Waals surface area contributed by atoms with Gasteiger partial charge in [-0.05, 0) is 97.2 Å². The minimum absolute atomic E-state index is 0.265. The standard InChI is InChI=1S/C27H43NO2/c1-19(6-5-15-28)21-7-8-22-20-9-11-24(2)18-27(29-16-17-30-27)14-13-26(24,4)23(20)10-12-25(21,22)3/h19-23H,5-14,16-18H2,1-4H3/t19-,20?,21?,22?,23?,24?,25-,26-/m1/s1. The summed E-state index contributed by atoms with van der Waals surface area (Å²) >= 11 is 0. The van der Waals surface area contributed by atoms with Crippen molar-refractivity contribution < 1.29 is 9.47 Å². The molecule has 1 saturated heterocycles. The van der Waals surface area contributed by atoms with Crippen LogP contribution in [0.5, 0.6) is 0 Å². The van der Waals surface area contributed by atoms with Gasteiger partial charge in [-0.2, -0.15) is 5.26 Å². The molecule has 4 saturated carbocycles. The molecule has 0 aromatic heterocycles. The highest BCUT2D eigenvalue weighted by Gasteiger charge is 2.65. The first-order valence-electron chi connectivity index (χ1n) is 12.9. The fourth-order valence-corrected chi connectivity index (χ4v) is 9.82. The number of fused-ring (bicyclic) bond motifs is 5. The number of rotatable bonds is 3. The molecule has 5 unspecified atom stereocenters. The van der Waals surface area contributed by atoms with Crippen LogP contribution >= 0.6 is 0 Å². The van der Waals surface area contributed by atoms with Gasteiger partial charge in [-0.1, -0.05) is 27.7 Å². The average molecular weight is 414 g/mol. The van der Waals surface area contributed by atoms with E-state index in [-0.39, 0.29) is 5.79 Å². The van der Waals surface area contributed by atoms with Gasteiger partial charge in [0.15, 0.2) is 5.79 Å². The highest BCUT2D eigenvalue weighted by atomic mass is 16.7. The molecule has 168 valence electrons. The Morgan fingerprint density at radius 2 is 1.70 bits per heavy atom. The van der Waals surface area contributed by atoms with Gasteiger partial charge >= 0.3 is 0 Å². The first-order chi connectivity index (χ1) is 14.3. The van der Waals surface area contributed by atoms with Crippen LogP contribution in [0.1, 0.15) is 98.3 Å². The van der Waals surface area contributed by atoms with Crippen LogP contribution in [0.25, 0.3) is 0 Å². The third-order valence-electron chi connectivity index (χ3n) is 11.6. The monoisotopic (exact) mass is 413 g/mol. The molecule has 5 aliphatic rings. The van der Waals surface area contributed by atoms with Crippen molar-refractivity contribution in [3.8, 4) is 6.07 Å². The summed E-state index contributed by atoms with van der Waals surface area (Å²) in [4.78, 5) is 0.